The number of nitrogens with zero attached hydrogens (tertiary/aromatic N) is 3. The van der Waals surface area contributed by atoms with Gasteiger partial charge in [-0.25, -0.2) is 9.78 Å². The van der Waals surface area contributed by atoms with Crippen LogP contribution in [-0.2, 0) is 0 Å². The maximum absolute atomic E-state index is 12.4. The number of para-hydroxylation sites is 2. The molecule has 2 saturated heterocycles. The maximum atomic E-state index is 12.4. The first-order valence-corrected chi connectivity index (χ1v) is 9.81. The number of carbonyl (C=O) groups excluding carboxylic acids is 1. The monoisotopic (exact) mass is 395 g/mol. The highest BCUT2D eigenvalue weighted by Crippen LogP contribution is 2.41. The Morgan fingerprint density at radius 3 is 2.41 bits per heavy atom. The molecule has 1 aromatic carbocycles. The second-order valence-corrected chi connectivity index (χ2v) is 7.89. The molecule has 4 rings (SSSR count). The smallest absolute Gasteiger partial charge is 0.407 e. The summed E-state index contributed by atoms with van der Waals surface area (Å²) in [6.45, 7) is 2.94. The molecule has 2 aliphatic heterocycles. The Kier molecular flexibility index (Phi) is 5.00. The summed E-state index contributed by atoms with van der Waals surface area (Å²) in [4.78, 5) is 31.8. The largest absolute Gasteiger partial charge is 0.465 e. The number of anilines is 3. The molecule has 0 saturated carbocycles. The highest BCUT2D eigenvalue weighted by Gasteiger charge is 2.42. The van der Waals surface area contributed by atoms with Crippen LogP contribution in [0.2, 0.25) is 0 Å². The number of nitrogens with two attached hydrogens (primary N) is 1. The van der Waals surface area contributed by atoms with Crippen LogP contribution in [0.4, 0.5) is 22.0 Å². The normalized spacial score (nSPS) is 18.1. The van der Waals surface area contributed by atoms with Crippen molar-refractivity contribution in [1.82, 2.24) is 9.88 Å². The Labute approximate surface area is 169 Å². The van der Waals surface area contributed by atoms with Gasteiger partial charge in [-0.15, -0.1) is 0 Å². The van der Waals surface area contributed by atoms with E-state index in [1.807, 2.05) is 18.2 Å². The molecular formula is C21H25N5O3. The van der Waals surface area contributed by atoms with Crippen molar-refractivity contribution >= 4 is 29.2 Å². The molecule has 8 nitrogen and oxygen atoms in total. The van der Waals surface area contributed by atoms with Gasteiger partial charge in [0.15, 0.2) is 0 Å². The summed E-state index contributed by atoms with van der Waals surface area (Å²) in [5.41, 5.74) is 7.54. The van der Waals surface area contributed by atoms with E-state index in [0.717, 1.165) is 38.2 Å². The number of nitrogen functional groups attached to an aromatic ring is 1. The van der Waals surface area contributed by atoms with Crippen LogP contribution in [-0.4, -0.2) is 53.2 Å². The number of rotatable bonds is 3. The van der Waals surface area contributed by atoms with Crippen LogP contribution in [0.15, 0.2) is 42.6 Å². The second kappa shape index (κ2) is 7.62. The molecule has 1 spiro atoms. The number of carboxylic acid groups (broad SMARTS) is 1. The van der Waals surface area contributed by atoms with Crippen molar-refractivity contribution in [3.63, 3.8) is 0 Å². The molecule has 0 bridgehead atoms. The minimum absolute atomic E-state index is 0.102. The fourth-order valence-electron chi connectivity index (χ4n) is 4.23. The number of hydrogen-bond donors (Lipinski definition) is 3. The van der Waals surface area contributed by atoms with E-state index in [1.165, 1.54) is 4.90 Å². The van der Waals surface area contributed by atoms with Crippen molar-refractivity contribution in [3.8, 4) is 0 Å². The highest BCUT2D eigenvalue weighted by atomic mass is 16.4. The first-order valence-electron chi connectivity index (χ1n) is 9.81. The summed E-state index contributed by atoms with van der Waals surface area (Å²) in [7, 11) is 0. The number of benzene rings is 1. The Bertz CT molecular complexity index is 907. The third kappa shape index (κ3) is 3.96. The van der Waals surface area contributed by atoms with Gasteiger partial charge in [-0.2, -0.15) is 0 Å². The number of carbonyl (C=O) groups is 2. The van der Waals surface area contributed by atoms with Crippen LogP contribution in [0, 0.1) is 5.41 Å². The third-order valence-electron chi connectivity index (χ3n) is 6.08. The molecule has 1 aromatic heterocycles. The van der Waals surface area contributed by atoms with Crippen LogP contribution in [0.3, 0.4) is 0 Å². The molecule has 0 atom stereocenters. The van der Waals surface area contributed by atoms with Gasteiger partial charge in [0.1, 0.15) is 5.82 Å². The predicted molar refractivity (Wildman–Crippen MR) is 111 cm³/mol. The SMILES string of the molecule is Nc1ccccc1NC(=O)c1ccc(N2CCC3(CCN(C(=O)O)C3)CC2)nc1. The molecular weight excluding hydrogens is 370 g/mol. The summed E-state index contributed by atoms with van der Waals surface area (Å²) < 4.78 is 0. The van der Waals surface area contributed by atoms with E-state index < -0.39 is 6.09 Å². The van der Waals surface area contributed by atoms with E-state index in [2.05, 4.69) is 15.2 Å². The van der Waals surface area contributed by atoms with Crippen molar-refractivity contribution < 1.29 is 14.7 Å². The third-order valence-corrected chi connectivity index (χ3v) is 6.08. The number of piperidine rings is 1. The van der Waals surface area contributed by atoms with Gasteiger partial charge < -0.3 is 26.0 Å². The van der Waals surface area contributed by atoms with Crippen molar-refractivity contribution in [1.29, 1.82) is 0 Å². The fourth-order valence-corrected chi connectivity index (χ4v) is 4.23. The van der Waals surface area contributed by atoms with Crippen LogP contribution in [0.1, 0.15) is 29.6 Å². The maximum Gasteiger partial charge on any atom is 0.407 e. The molecule has 152 valence electrons. The molecule has 2 aromatic rings. The summed E-state index contributed by atoms with van der Waals surface area (Å²) in [6, 6.07) is 10.8. The standard InChI is InChI=1S/C21H25N5O3/c22-16-3-1-2-4-17(16)24-19(27)15-5-6-18(23-13-15)25-10-7-21(8-11-25)9-12-26(14-21)20(28)29/h1-6,13H,7-12,14,22H2,(H,24,27)(H,28,29). The zero-order valence-corrected chi connectivity index (χ0v) is 16.2. The Morgan fingerprint density at radius 1 is 1.07 bits per heavy atom. The van der Waals surface area contributed by atoms with Crippen molar-refractivity contribution in [2.24, 2.45) is 5.41 Å². The van der Waals surface area contributed by atoms with Crippen LogP contribution >= 0.6 is 0 Å². The van der Waals surface area contributed by atoms with E-state index in [-0.39, 0.29) is 11.3 Å². The lowest BCUT2D eigenvalue weighted by Crippen LogP contribution is -2.42. The van der Waals surface area contributed by atoms with Crippen LogP contribution in [0.25, 0.3) is 0 Å². The van der Waals surface area contributed by atoms with Gasteiger partial charge in [-0.3, -0.25) is 4.79 Å². The van der Waals surface area contributed by atoms with Crippen LogP contribution < -0.4 is 16.0 Å². The molecule has 2 aliphatic rings. The number of likely N-dealkylation sites (tertiary alicyclic amines) is 1. The van der Waals surface area contributed by atoms with Crippen molar-refractivity contribution in [2.45, 2.75) is 19.3 Å². The average molecular weight is 395 g/mol. The Balaban J connectivity index is 1.36. The van der Waals surface area contributed by atoms with E-state index in [4.69, 9.17) is 5.73 Å². The van der Waals surface area contributed by atoms with Gasteiger partial charge in [-0.05, 0) is 48.9 Å². The van der Waals surface area contributed by atoms with Gasteiger partial charge in [0, 0.05) is 32.4 Å². The number of nitrogens with one attached hydrogen (secondary N) is 1. The van der Waals surface area contributed by atoms with Gasteiger partial charge in [-0.1, -0.05) is 12.1 Å². The molecule has 4 N–H and O–H groups in total. The summed E-state index contributed by atoms with van der Waals surface area (Å²) in [5.74, 6) is 0.586. The molecule has 0 radical (unpaired) electrons. The van der Waals surface area contributed by atoms with Crippen molar-refractivity contribution in [2.75, 3.05) is 42.1 Å². The number of pyridine rings is 1. The van der Waals surface area contributed by atoms with E-state index in [0.29, 0.717) is 30.0 Å². The number of hydrogen-bond acceptors (Lipinski definition) is 5. The van der Waals surface area contributed by atoms with E-state index >= 15 is 0 Å². The van der Waals surface area contributed by atoms with Crippen molar-refractivity contribution in [3.05, 3.63) is 48.2 Å². The first kappa shape index (κ1) is 19.0. The average Bonchev–Trinajstić information content (AvgIpc) is 3.14. The molecule has 29 heavy (non-hydrogen) atoms. The van der Waals surface area contributed by atoms with Gasteiger partial charge >= 0.3 is 6.09 Å². The van der Waals surface area contributed by atoms with Gasteiger partial charge in [0.25, 0.3) is 5.91 Å². The summed E-state index contributed by atoms with van der Waals surface area (Å²) in [5, 5.41) is 12.0. The molecule has 2 amide bonds. The summed E-state index contributed by atoms with van der Waals surface area (Å²) >= 11 is 0. The molecule has 8 heteroatoms. The zero-order valence-electron chi connectivity index (χ0n) is 16.2. The predicted octanol–water partition coefficient (Wildman–Crippen LogP) is 2.89. The minimum Gasteiger partial charge on any atom is -0.465 e. The number of amides is 2. The molecule has 3 heterocycles. The quantitative estimate of drug-likeness (QED) is 0.689. The number of aromatic nitrogens is 1. The summed E-state index contributed by atoms with van der Waals surface area (Å²) in [6.07, 6.45) is 3.59. The second-order valence-electron chi connectivity index (χ2n) is 7.89. The first-order chi connectivity index (χ1) is 14.0. The Hall–Kier alpha value is -3.29. The lowest BCUT2D eigenvalue weighted by atomic mass is 9.78. The van der Waals surface area contributed by atoms with E-state index in [1.54, 1.807) is 24.4 Å². The van der Waals surface area contributed by atoms with Gasteiger partial charge in [0.2, 0.25) is 0 Å². The van der Waals surface area contributed by atoms with E-state index in [9.17, 15) is 14.7 Å². The van der Waals surface area contributed by atoms with Gasteiger partial charge in [0.05, 0.1) is 16.9 Å². The molecule has 0 aliphatic carbocycles. The van der Waals surface area contributed by atoms with Crippen LogP contribution in [0.5, 0.6) is 0 Å². The molecule has 2 fully saturated rings. The lowest BCUT2D eigenvalue weighted by molar-refractivity contribution is 0.102. The lowest BCUT2D eigenvalue weighted by Gasteiger charge is -2.39. The topological polar surface area (TPSA) is 112 Å². The Morgan fingerprint density at radius 2 is 1.79 bits per heavy atom. The fraction of sp³-hybridized carbons (Fsp3) is 0.381. The highest BCUT2D eigenvalue weighted by molar-refractivity contribution is 6.05. The zero-order chi connectivity index (χ0) is 20.4. The minimum atomic E-state index is -0.822. The molecule has 0 unspecified atom stereocenters.